The number of carbonyl (C=O) groups excluding carboxylic acids is 1. The topological polar surface area (TPSA) is 78.4 Å². The summed E-state index contributed by atoms with van der Waals surface area (Å²) in [6, 6.07) is 7.95. The van der Waals surface area contributed by atoms with Gasteiger partial charge >= 0.3 is 12.0 Å². The molecule has 1 aliphatic rings. The summed E-state index contributed by atoms with van der Waals surface area (Å²) < 4.78 is 0. The summed E-state index contributed by atoms with van der Waals surface area (Å²) in [4.78, 5) is 22.1. The van der Waals surface area contributed by atoms with Gasteiger partial charge in [0.1, 0.15) is 0 Å². The van der Waals surface area contributed by atoms with Gasteiger partial charge < -0.3 is 15.7 Å². The molecule has 0 saturated carbocycles. The van der Waals surface area contributed by atoms with Gasteiger partial charge in [-0.3, -0.25) is 0 Å². The molecule has 1 atom stereocenters. The molecule has 82 valence electrons. The molecule has 0 aliphatic carbocycles. The fraction of sp³-hybridized carbons (Fsp3) is 0.0909. The highest BCUT2D eigenvalue weighted by molar-refractivity contribution is 5.92. The molecular formula is C11H10N2O3. The standard InChI is InChI=1S/C11H10N2O3/c14-10(15)8-6-12-11(16)13-9(8)7-4-2-1-3-5-7/h1-6,9H,(H,14,15)(H2,12,13,16)/t9-/m1/s1. The normalized spacial score (nSPS) is 19.4. The molecule has 1 aromatic carbocycles. The second-order valence-electron chi connectivity index (χ2n) is 3.37. The van der Waals surface area contributed by atoms with Crippen molar-refractivity contribution in [2.75, 3.05) is 0 Å². The molecule has 3 N–H and O–H groups in total. The van der Waals surface area contributed by atoms with E-state index in [1.165, 1.54) is 6.20 Å². The van der Waals surface area contributed by atoms with Crippen LogP contribution in [0, 0.1) is 0 Å². The lowest BCUT2D eigenvalue weighted by Gasteiger charge is -2.23. The fourth-order valence-electron chi connectivity index (χ4n) is 1.57. The predicted octanol–water partition coefficient (Wildman–Crippen LogP) is 1.01. The Bertz CT molecular complexity index is 454. The molecule has 16 heavy (non-hydrogen) atoms. The molecule has 0 radical (unpaired) electrons. The zero-order chi connectivity index (χ0) is 11.5. The van der Waals surface area contributed by atoms with Gasteiger partial charge in [-0.1, -0.05) is 30.3 Å². The number of carboxylic acids is 1. The second kappa shape index (κ2) is 4.06. The quantitative estimate of drug-likeness (QED) is 0.693. The first-order valence-electron chi connectivity index (χ1n) is 4.74. The number of rotatable bonds is 2. The van der Waals surface area contributed by atoms with Crippen molar-refractivity contribution in [2.45, 2.75) is 6.04 Å². The number of hydrogen-bond acceptors (Lipinski definition) is 2. The summed E-state index contributed by atoms with van der Waals surface area (Å²) in [5.74, 6) is -1.05. The van der Waals surface area contributed by atoms with E-state index in [-0.39, 0.29) is 5.57 Å². The van der Waals surface area contributed by atoms with Gasteiger partial charge in [0.2, 0.25) is 0 Å². The van der Waals surface area contributed by atoms with Crippen molar-refractivity contribution >= 4 is 12.0 Å². The van der Waals surface area contributed by atoms with Crippen molar-refractivity contribution in [3.05, 3.63) is 47.7 Å². The van der Waals surface area contributed by atoms with E-state index in [1.807, 2.05) is 6.07 Å². The second-order valence-corrected chi connectivity index (χ2v) is 3.37. The lowest BCUT2D eigenvalue weighted by Crippen LogP contribution is -2.42. The van der Waals surface area contributed by atoms with Crippen molar-refractivity contribution in [3.63, 3.8) is 0 Å². The highest BCUT2D eigenvalue weighted by atomic mass is 16.4. The number of carbonyl (C=O) groups is 2. The third-order valence-corrected chi connectivity index (χ3v) is 2.33. The van der Waals surface area contributed by atoms with Crippen LogP contribution in [0.15, 0.2) is 42.1 Å². The zero-order valence-corrected chi connectivity index (χ0v) is 8.31. The van der Waals surface area contributed by atoms with Gasteiger partial charge in [-0.05, 0) is 5.56 Å². The van der Waals surface area contributed by atoms with Crippen molar-refractivity contribution in [1.82, 2.24) is 10.6 Å². The highest BCUT2D eigenvalue weighted by Gasteiger charge is 2.27. The van der Waals surface area contributed by atoms with Crippen LogP contribution >= 0.6 is 0 Å². The van der Waals surface area contributed by atoms with Crippen molar-refractivity contribution in [1.29, 1.82) is 0 Å². The summed E-state index contributed by atoms with van der Waals surface area (Å²) in [5, 5.41) is 13.9. The van der Waals surface area contributed by atoms with E-state index in [0.29, 0.717) is 0 Å². The first-order chi connectivity index (χ1) is 7.68. The Morgan fingerprint density at radius 1 is 1.25 bits per heavy atom. The minimum atomic E-state index is -1.05. The first kappa shape index (κ1) is 10.2. The molecule has 2 amide bonds. The summed E-state index contributed by atoms with van der Waals surface area (Å²) in [6.07, 6.45) is 1.22. The van der Waals surface area contributed by atoms with Crippen LogP contribution in [0.2, 0.25) is 0 Å². The Morgan fingerprint density at radius 3 is 2.56 bits per heavy atom. The van der Waals surface area contributed by atoms with E-state index in [9.17, 15) is 9.59 Å². The van der Waals surface area contributed by atoms with E-state index >= 15 is 0 Å². The highest BCUT2D eigenvalue weighted by Crippen LogP contribution is 2.23. The fourth-order valence-corrected chi connectivity index (χ4v) is 1.57. The molecule has 0 aromatic heterocycles. The Kier molecular flexibility index (Phi) is 2.59. The molecule has 5 nitrogen and oxygen atoms in total. The van der Waals surface area contributed by atoms with E-state index in [4.69, 9.17) is 5.11 Å². The number of nitrogens with one attached hydrogen (secondary N) is 2. The SMILES string of the molecule is O=C1NC=C(C(=O)O)[C@@H](c2ccccc2)N1. The molecule has 1 heterocycles. The molecule has 0 fully saturated rings. The van der Waals surface area contributed by atoms with Crippen LogP contribution in [0.5, 0.6) is 0 Å². The van der Waals surface area contributed by atoms with Crippen LogP contribution in [0.4, 0.5) is 4.79 Å². The largest absolute Gasteiger partial charge is 0.478 e. The Morgan fingerprint density at radius 2 is 1.94 bits per heavy atom. The van der Waals surface area contributed by atoms with Crippen molar-refractivity contribution in [2.24, 2.45) is 0 Å². The Labute approximate surface area is 91.8 Å². The van der Waals surface area contributed by atoms with Crippen LogP contribution < -0.4 is 10.6 Å². The van der Waals surface area contributed by atoms with Crippen LogP contribution in [0.3, 0.4) is 0 Å². The van der Waals surface area contributed by atoms with Crippen LogP contribution in [0.25, 0.3) is 0 Å². The molecule has 0 bridgehead atoms. The molecule has 2 rings (SSSR count). The van der Waals surface area contributed by atoms with Gasteiger partial charge in [0.15, 0.2) is 0 Å². The van der Waals surface area contributed by atoms with E-state index < -0.39 is 18.0 Å². The van der Waals surface area contributed by atoms with E-state index in [0.717, 1.165) is 5.56 Å². The number of hydrogen-bond donors (Lipinski definition) is 3. The lowest BCUT2D eigenvalue weighted by molar-refractivity contribution is -0.133. The number of carboxylic acid groups (broad SMARTS) is 1. The van der Waals surface area contributed by atoms with Crippen LogP contribution in [-0.4, -0.2) is 17.1 Å². The van der Waals surface area contributed by atoms with E-state index in [1.54, 1.807) is 24.3 Å². The Hall–Kier alpha value is -2.30. The molecule has 5 heteroatoms. The third-order valence-electron chi connectivity index (χ3n) is 2.33. The summed E-state index contributed by atoms with van der Waals surface area (Å²) in [5.41, 5.74) is 0.858. The summed E-state index contributed by atoms with van der Waals surface area (Å²) in [7, 11) is 0. The number of benzene rings is 1. The average molecular weight is 218 g/mol. The molecule has 0 unspecified atom stereocenters. The molecule has 0 saturated heterocycles. The van der Waals surface area contributed by atoms with Gasteiger partial charge in [-0.15, -0.1) is 0 Å². The van der Waals surface area contributed by atoms with Crippen LogP contribution in [-0.2, 0) is 4.79 Å². The minimum absolute atomic E-state index is 0.116. The maximum atomic E-state index is 11.2. The third kappa shape index (κ3) is 1.88. The van der Waals surface area contributed by atoms with Crippen LogP contribution in [0.1, 0.15) is 11.6 Å². The van der Waals surface area contributed by atoms with Gasteiger partial charge in [0.25, 0.3) is 0 Å². The van der Waals surface area contributed by atoms with Gasteiger partial charge in [-0.25, -0.2) is 9.59 Å². The summed E-state index contributed by atoms with van der Waals surface area (Å²) >= 11 is 0. The first-order valence-corrected chi connectivity index (χ1v) is 4.74. The molecule has 0 spiro atoms. The number of amides is 2. The maximum Gasteiger partial charge on any atom is 0.335 e. The predicted molar refractivity (Wildman–Crippen MR) is 56.6 cm³/mol. The van der Waals surface area contributed by atoms with E-state index in [2.05, 4.69) is 10.6 Å². The van der Waals surface area contributed by atoms with Gasteiger partial charge in [0.05, 0.1) is 11.6 Å². The smallest absolute Gasteiger partial charge is 0.335 e. The molecular weight excluding hydrogens is 208 g/mol. The zero-order valence-electron chi connectivity index (χ0n) is 8.31. The summed E-state index contributed by atoms with van der Waals surface area (Å²) in [6.45, 7) is 0. The van der Waals surface area contributed by atoms with Crippen molar-refractivity contribution < 1.29 is 14.7 Å². The maximum absolute atomic E-state index is 11.2. The van der Waals surface area contributed by atoms with Gasteiger partial charge in [0, 0.05) is 6.20 Å². The minimum Gasteiger partial charge on any atom is -0.478 e. The Balaban J connectivity index is 2.38. The van der Waals surface area contributed by atoms with Gasteiger partial charge in [-0.2, -0.15) is 0 Å². The lowest BCUT2D eigenvalue weighted by atomic mass is 9.98. The monoisotopic (exact) mass is 218 g/mol. The number of aliphatic carboxylic acids is 1. The molecule has 1 aromatic rings. The molecule has 1 aliphatic heterocycles. The number of urea groups is 1. The van der Waals surface area contributed by atoms with Crippen molar-refractivity contribution in [3.8, 4) is 0 Å². The average Bonchev–Trinajstić information content (AvgIpc) is 2.29.